The van der Waals surface area contributed by atoms with Gasteiger partial charge in [-0.25, -0.2) is 9.13 Å². The average molecular weight is 318 g/mol. The van der Waals surface area contributed by atoms with Crippen LogP contribution in [0.25, 0.3) is 22.4 Å². The molecule has 3 nitrogen and oxygen atoms in total. The zero-order chi connectivity index (χ0) is 13.6. The second-order valence-electron chi connectivity index (χ2n) is 4.59. The van der Waals surface area contributed by atoms with Crippen molar-refractivity contribution < 1.29 is 9.67 Å². The molecule has 0 aliphatic heterocycles. The number of fused-ring (bicyclic) bond motifs is 1. The number of para-hydroxylation sites is 2. The van der Waals surface area contributed by atoms with Crippen LogP contribution in [0.2, 0.25) is 0 Å². The highest BCUT2D eigenvalue weighted by Gasteiger charge is 2.23. The van der Waals surface area contributed by atoms with Crippen molar-refractivity contribution in [2.24, 2.45) is 14.1 Å². The molecule has 4 heteroatoms. The largest absolute Gasteiger partial charge is 0.507 e. The summed E-state index contributed by atoms with van der Waals surface area (Å²) in [5.41, 5.74) is 3.09. The molecular weight excluding hydrogens is 304 g/mol. The number of phenols is 1. The van der Waals surface area contributed by atoms with Gasteiger partial charge in [0.15, 0.2) is 11.0 Å². The van der Waals surface area contributed by atoms with Gasteiger partial charge in [0.2, 0.25) is 0 Å². The Labute approximate surface area is 119 Å². The topological polar surface area (TPSA) is 29.0 Å². The summed E-state index contributed by atoms with van der Waals surface area (Å²) in [6.45, 7) is 0. The smallest absolute Gasteiger partial charge is 0.293 e. The van der Waals surface area contributed by atoms with Gasteiger partial charge in [0, 0.05) is 4.47 Å². The van der Waals surface area contributed by atoms with Gasteiger partial charge in [-0.05, 0) is 30.3 Å². The maximum Gasteiger partial charge on any atom is 0.293 e. The molecule has 2 aromatic carbocycles. The van der Waals surface area contributed by atoms with E-state index < -0.39 is 0 Å². The maximum absolute atomic E-state index is 10.1. The fraction of sp³-hybridized carbons (Fsp3) is 0.133. The highest BCUT2D eigenvalue weighted by Crippen LogP contribution is 2.31. The summed E-state index contributed by atoms with van der Waals surface area (Å²) in [6, 6.07) is 13.7. The van der Waals surface area contributed by atoms with Gasteiger partial charge in [-0.15, -0.1) is 0 Å². The summed E-state index contributed by atoms with van der Waals surface area (Å²) in [4.78, 5) is 0. The summed E-state index contributed by atoms with van der Waals surface area (Å²) in [6.07, 6.45) is 0. The Hall–Kier alpha value is -1.81. The van der Waals surface area contributed by atoms with E-state index in [2.05, 4.69) is 37.2 Å². The number of hydrogen-bond acceptors (Lipinski definition) is 1. The molecule has 0 bridgehead atoms. The fourth-order valence-electron chi connectivity index (χ4n) is 2.53. The molecule has 0 aliphatic rings. The molecule has 19 heavy (non-hydrogen) atoms. The third kappa shape index (κ3) is 1.83. The molecule has 3 rings (SSSR count). The minimum Gasteiger partial charge on any atom is -0.507 e. The van der Waals surface area contributed by atoms with Gasteiger partial charge in [0.25, 0.3) is 5.82 Å². The van der Waals surface area contributed by atoms with E-state index in [9.17, 15) is 5.11 Å². The van der Waals surface area contributed by atoms with Crippen LogP contribution in [0.1, 0.15) is 0 Å². The van der Waals surface area contributed by atoms with Crippen molar-refractivity contribution in [3.05, 3.63) is 46.9 Å². The van der Waals surface area contributed by atoms with Crippen LogP contribution in [0.4, 0.5) is 0 Å². The summed E-state index contributed by atoms with van der Waals surface area (Å²) < 4.78 is 5.14. The summed E-state index contributed by atoms with van der Waals surface area (Å²) in [5.74, 6) is 1.25. The third-order valence-electron chi connectivity index (χ3n) is 3.44. The van der Waals surface area contributed by atoms with Crippen LogP contribution >= 0.6 is 15.9 Å². The monoisotopic (exact) mass is 317 g/mol. The number of aryl methyl sites for hydroxylation is 2. The van der Waals surface area contributed by atoms with Gasteiger partial charge in [0.1, 0.15) is 11.3 Å². The first-order valence-corrected chi connectivity index (χ1v) is 6.81. The predicted octanol–water partition coefficient (Wildman–Crippen LogP) is 3.14. The van der Waals surface area contributed by atoms with Crippen LogP contribution in [0.3, 0.4) is 0 Å². The van der Waals surface area contributed by atoms with Gasteiger partial charge in [-0.2, -0.15) is 0 Å². The summed E-state index contributed by atoms with van der Waals surface area (Å²) >= 11 is 3.46. The molecular formula is C15H14BrN2O+. The zero-order valence-corrected chi connectivity index (χ0v) is 12.3. The van der Waals surface area contributed by atoms with E-state index in [1.165, 1.54) is 0 Å². The molecule has 0 fully saturated rings. The van der Waals surface area contributed by atoms with Gasteiger partial charge in [-0.1, -0.05) is 28.1 Å². The van der Waals surface area contributed by atoms with Crippen molar-refractivity contribution in [2.45, 2.75) is 0 Å². The number of halogens is 1. The Morgan fingerprint density at radius 2 is 1.89 bits per heavy atom. The van der Waals surface area contributed by atoms with Crippen molar-refractivity contribution in [1.82, 2.24) is 4.57 Å². The number of aromatic nitrogens is 2. The zero-order valence-electron chi connectivity index (χ0n) is 10.8. The van der Waals surface area contributed by atoms with Gasteiger partial charge in [-0.3, -0.25) is 0 Å². The van der Waals surface area contributed by atoms with Crippen LogP contribution < -0.4 is 4.57 Å². The van der Waals surface area contributed by atoms with E-state index in [1.807, 2.05) is 38.4 Å². The maximum atomic E-state index is 10.1. The molecule has 0 saturated heterocycles. The molecule has 0 radical (unpaired) electrons. The van der Waals surface area contributed by atoms with Gasteiger partial charge >= 0.3 is 0 Å². The van der Waals surface area contributed by atoms with Crippen LogP contribution in [0, 0.1) is 0 Å². The van der Waals surface area contributed by atoms with Gasteiger partial charge in [0.05, 0.1) is 14.1 Å². The Morgan fingerprint density at radius 1 is 1.16 bits per heavy atom. The predicted molar refractivity (Wildman–Crippen MR) is 78.9 cm³/mol. The Morgan fingerprint density at radius 3 is 2.63 bits per heavy atom. The lowest BCUT2D eigenvalue weighted by Crippen LogP contribution is -2.30. The molecule has 0 aliphatic carbocycles. The highest BCUT2D eigenvalue weighted by molar-refractivity contribution is 9.10. The van der Waals surface area contributed by atoms with Crippen molar-refractivity contribution in [1.29, 1.82) is 0 Å². The Bertz CT molecular complexity index is 738. The lowest BCUT2D eigenvalue weighted by molar-refractivity contribution is -0.634. The minimum absolute atomic E-state index is 0.282. The van der Waals surface area contributed by atoms with E-state index in [1.54, 1.807) is 6.07 Å². The molecule has 0 unspecified atom stereocenters. The van der Waals surface area contributed by atoms with Crippen LogP contribution in [-0.2, 0) is 14.1 Å². The number of benzene rings is 2. The molecule has 0 spiro atoms. The number of phenolic OH excluding ortho intramolecular Hbond substituents is 1. The van der Waals surface area contributed by atoms with Crippen LogP contribution in [0.5, 0.6) is 5.75 Å². The molecule has 1 aromatic heterocycles. The van der Waals surface area contributed by atoms with Crippen LogP contribution in [0.15, 0.2) is 46.9 Å². The lowest BCUT2D eigenvalue weighted by atomic mass is 10.2. The number of aromatic hydroxyl groups is 1. The molecule has 1 N–H and O–H groups in total. The first-order chi connectivity index (χ1) is 9.09. The molecule has 0 atom stereocenters. The molecule has 3 aromatic rings. The highest BCUT2D eigenvalue weighted by atomic mass is 79.9. The molecule has 0 amide bonds. The lowest BCUT2D eigenvalue weighted by Gasteiger charge is -2.03. The van der Waals surface area contributed by atoms with E-state index in [0.717, 1.165) is 26.9 Å². The molecule has 1 heterocycles. The van der Waals surface area contributed by atoms with Crippen molar-refractivity contribution in [3.63, 3.8) is 0 Å². The Balaban J connectivity index is 2.40. The molecule has 96 valence electrons. The first kappa shape index (κ1) is 12.2. The standard InChI is InChI=1S/C15H13BrN2O/c1-17-12-5-3-4-6-13(12)18(2)15(17)11-9-10(16)7-8-14(11)19/h3-9H,1-2H3/p+1. The van der Waals surface area contributed by atoms with Crippen molar-refractivity contribution in [3.8, 4) is 17.1 Å². The summed E-state index contributed by atoms with van der Waals surface area (Å²) in [5, 5.41) is 10.1. The van der Waals surface area contributed by atoms with Gasteiger partial charge < -0.3 is 5.11 Å². The van der Waals surface area contributed by atoms with Crippen molar-refractivity contribution >= 4 is 27.0 Å². The first-order valence-electron chi connectivity index (χ1n) is 6.02. The van der Waals surface area contributed by atoms with E-state index in [4.69, 9.17) is 0 Å². The van der Waals surface area contributed by atoms with Crippen molar-refractivity contribution in [2.75, 3.05) is 0 Å². The SMILES string of the molecule is Cn1c(-c2cc(Br)ccc2O)[n+](C)c2ccccc21. The number of hydrogen-bond donors (Lipinski definition) is 1. The number of nitrogens with zero attached hydrogens (tertiary/aromatic N) is 2. The molecule has 0 saturated carbocycles. The quantitative estimate of drug-likeness (QED) is 0.686. The normalized spacial score (nSPS) is 11.1. The summed E-state index contributed by atoms with van der Waals surface area (Å²) in [7, 11) is 4.02. The minimum atomic E-state index is 0.282. The third-order valence-corrected chi connectivity index (χ3v) is 3.93. The average Bonchev–Trinajstić information content (AvgIpc) is 2.66. The second kappa shape index (κ2) is 4.38. The number of imidazole rings is 1. The second-order valence-corrected chi connectivity index (χ2v) is 5.51. The Kier molecular flexibility index (Phi) is 2.82. The van der Waals surface area contributed by atoms with Crippen LogP contribution in [-0.4, -0.2) is 9.67 Å². The fourth-order valence-corrected chi connectivity index (χ4v) is 2.89. The van der Waals surface area contributed by atoms with E-state index >= 15 is 0 Å². The number of rotatable bonds is 1. The van der Waals surface area contributed by atoms with E-state index in [0.29, 0.717) is 0 Å². The van der Waals surface area contributed by atoms with E-state index in [-0.39, 0.29) is 5.75 Å².